The fraction of sp³-hybridized carbons (Fsp3) is 1.00. The minimum atomic E-state index is -0.279. The summed E-state index contributed by atoms with van der Waals surface area (Å²) in [6, 6.07) is 0.329. The van der Waals surface area contributed by atoms with E-state index in [-0.39, 0.29) is 6.67 Å². The first-order chi connectivity index (χ1) is 4.83. The van der Waals surface area contributed by atoms with Gasteiger partial charge in [0.05, 0.1) is 12.8 Å². The molecule has 0 saturated heterocycles. The highest BCUT2D eigenvalue weighted by Gasteiger charge is 2.25. The van der Waals surface area contributed by atoms with Crippen LogP contribution in [0.1, 0.15) is 19.3 Å². The van der Waals surface area contributed by atoms with Gasteiger partial charge in [0.1, 0.15) is 0 Å². The zero-order valence-electron chi connectivity index (χ0n) is 6.05. The molecule has 2 N–H and O–H groups in total. The van der Waals surface area contributed by atoms with Gasteiger partial charge in [-0.2, -0.15) is 0 Å². The lowest BCUT2D eigenvalue weighted by molar-refractivity contribution is -0.0107. The summed E-state index contributed by atoms with van der Waals surface area (Å²) >= 11 is 0. The van der Waals surface area contributed by atoms with Crippen LogP contribution in [-0.4, -0.2) is 25.4 Å². The van der Waals surface area contributed by atoms with Gasteiger partial charge < -0.3 is 10.5 Å². The van der Waals surface area contributed by atoms with Crippen LogP contribution in [-0.2, 0) is 4.74 Å². The summed E-state index contributed by atoms with van der Waals surface area (Å²) in [6.45, 7) is 0.270. The Balaban J connectivity index is 1.86. The van der Waals surface area contributed by atoms with E-state index in [0.29, 0.717) is 25.2 Å². The largest absolute Gasteiger partial charge is 0.378 e. The van der Waals surface area contributed by atoms with Gasteiger partial charge in [0.15, 0.2) is 0 Å². The van der Waals surface area contributed by atoms with E-state index in [1.165, 1.54) is 0 Å². The monoisotopic (exact) mass is 147 g/mol. The molecular weight excluding hydrogens is 133 g/mol. The maximum Gasteiger partial charge on any atom is 0.0916 e. The molecule has 3 heteroatoms. The summed E-state index contributed by atoms with van der Waals surface area (Å²) in [5.41, 5.74) is 5.52. The van der Waals surface area contributed by atoms with Crippen LogP contribution >= 0.6 is 0 Å². The van der Waals surface area contributed by atoms with Crippen LogP contribution in [0.5, 0.6) is 0 Å². The second kappa shape index (κ2) is 3.88. The van der Waals surface area contributed by atoms with Crippen LogP contribution in [0.4, 0.5) is 4.39 Å². The molecule has 0 aromatic rings. The molecule has 0 amide bonds. The molecule has 0 bridgehead atoms. The summed E-state index contributed by atoms with van der Waals surface area (Å²) in [4.78, 5) is 0. The molecule has 1 rings (SSSR count). The van der Waals surface area contributed by atoms with Gasteiger partial charge >= 0.3 is 0 Å². The van der Waals surface area contributed by atoms with Crippen LogP contribution < -0.4 is 5.73 Å². The van der Waals surface area contributed by atoms with E-state index in [0.717, 1.165) is 12.8 Å². The maximum atomic E-state index is 11.5. The summed E-state index contributed by atoms with van der Waals surface area (Å²) < 4.78 is 16.8. The highest BCUT2D eigenvalue weighted by molar-refractivity contribution is 4.82. The van der Waals surface area contributed by atoms with Crippen molar-refractivity contribution in [3.63, 3.8) is 0 Å². The summed E-state index contributed by atoms with van der Waals surface area (Å²) in [5, 5.41) is 0. The minimum absolute atomic E-state index is 0.279. The van der Waals surface area contributed by atoms with E-state index in [4.69, 9.17) is 10.5 Å². The first-order valence-electron chi connectivity index (χ1n) is 3.76. The lowest BCUT2D eigenvalue weighted by Gasteiger charge is -2.32. The van der Waals surface area contributed by atoms with Gasteiger partial charge in [-0.05, 0) is 19.3 Å². The normalized spacial score (nSPS) is 31.8. The number of rotatable bonds is 4. The average Bonchev–Trinajstić information content (AvgIpc) is 1.85. The molecule has 0 radical (unpaired) electrons. The van der Waals surface area contributed by atoms with Crippen LogP contribution in [0.3, 0.4) is 0 Å². The average molecular weight is 147 g/mol. The Labute approximate surface area is 60.5 Å². The van der Waals surface area contributed by atoms with E-state index in [1.54, 1.807) is 0 Å². The number of hydrogen-bond donors (Lipinski definition) is 1. The van der Waals surface area contributed by atoms with Gasteiger partial charge in [0, 0.05) is 12.6 Å². The molecule has 0 spiro atoms. The first-order valence-corrected chi connectivity index (χ1v) is 3.76. The topological polar surface area (TPSA) is 35.2 Å². The molecule has 0 atom stereocenters. The predicted molar refractivity (Wildman–Crippen MR) is 37.5 cm³/mol. The van der Waals surface area contributed by atoms with Crippen LogP contribution in [0.15, 0.2) is 0 Å². The van der Waals surface area contributed by atoms with E-state index < -0.39 is 0 Å². The van der Waals surface area contributed by atoms with E-state index >= 15 is 0 Å². The highest BCUT2D eigenvalue weighted by Crippen LogP contribution is 2.20. The maximum absolute atomic E-state index is 11.5. The molecule has 0 aliphatic heterocycles. The molecular formula is C7H14FNO. The van der Waals surface area contributed by atoms with Crippen molar-refractivity contribution in [3.8, 4) is 0 Å². The SMILES string of the molecule is NC1CC(OCCCF)C1. The number of nitrogens with two attached hydrogens (primary N) is 1. The highest BCUT2D eigenvalue weighted by atomic mass is 19.1. The quantitative estimate of drug-likeness (QED) is 0.598. The summed E-state index contributed by atoms with van der Waals surface area (Å²) in [5.74, 6) is 0. The Morgan fingerprint density at radius 1 is 1.50 bits per heavy atom. The number of halogens is 1. The fourth-order valence-electron chi connectivity index (χ4n) is 1.05. The third-order valence-electron chi connectivity index (χ3n) is 1.76. The van der Waals surface area contributed by atoms with Gasteiger partial charge in [-0.15, -0.1) is 0 Å². The van der Waals surface area contributed by atoms with Crippen molar-refractivity contribution in [3.05, 3.63) is 0 Å². The second-order valence-electron chi connectivity index (χ2n) is 2.77. The van der Waals surface area contributed by atoms with Crippen LogP contribution in [0.25, 0.3) is 0 Å². The van der Waals surface area contributed by atoms with E-state index in [1.807, 2.05) is 0 Å². The molecule has 0 unspecified atom stereocenters. The molecule has 2 nitrogen and oxygen atoms in total. The van der Waals surface area contributed by atoms with Crippen molar-refractivity contribution in [2.24, 2.45) is 5.73 Å². The van der Waals surface area contributed by atoms with E-state index in [2.05, 4.69) is 0 Å². The number of ether oxygens (including phenoxy) is 1. The van der Waals surface area contributed by atoms with Crippen molar-refractivity contribution in [2.75, 3.05) is 13.3 Å². The van der Waals surface area contributed by atoms with Gasteiger partial charge in [-0.3, -0.25) is 4.39 Å². The summed E-state index contributed by atoms with van der Waals surface area (Å²) in [6.07, 6.45) is 2.74. The lowest BCUT2D eigenvalue weighted by atomic mass is 9.90. The summed E-state index contributed by atoms with van der Waals surface area (Å²) in [7, 11) is 0. The predicted octanol–water partition coefficient (Wildman–Crippen LogP) is 0.852. The minimum Gasteiger partial charge on any atom is -0.378 e. The second-order valence-corrected chi connectivity index (χ2v) is 2.77. The van der Waals surface area contributed by atoms with Gasteiger partial charge in [-0.25, -0.2) is 0 Å². The Kier molecular flexibility index (Phi) is 3.09. The van der Waals surface area contributed by atoms with Gasteiger partial charge in [-0.1, -0.05) is 0 Å². The Morgan fingerprint density at radius 3 is 2.70 bits per heavy atom. The van der Waals surface area contributed by atoms with Gasteiger partial charge in [0.25, 0.3) is 0 Å². The molecule has 1 aliphatic rings. The van der Waals surface area contributed by atoms with Gasteiger partial charge in [0.2, 0.25) is 0 Å². The number of hydrogen-bond acceptors (Lipinski definition) is 2. The van der Waals surface area contributed by atoms with Crippen molar-refractivity contribution >= 4 is 0 Å². The van der Waals surface area contributed by atoms with Crippen LogP contribution in [0.2, 0.25) is 0 Å². The Hall–Kier alpha value is -0.150. The van der Waals surface area contributed by atoms with E-state index in [9.17, 15) is 4.39 Å². The number of alkyl halides is 1. The standard InChI is InChI=1S/C7H14FNO/c8-2-1-3-10-7-4-6(9)5-7/h6-7H,1-5,9H2. The smallest absolute Gasteiger partial charge is 0.0916 e. The first kappa shape index (κ1) is 7.95. The van der Waals surface area contributed by atoms with Crippen molar-refractivity contribution in [2.45, 2.75) is 31.4 Å². The zero-order chi connectivity index (χ0) is 7.40. The molecule has 0 aromatic heterocycles. The Bertz CT molecular complexity index is 93.6. The molecule has 10 heavy (non-hydrogen) atoms. The van der Waals surface area contributed by atoms with Crippen molar-refractivity contribution < 1.29 is 9.13 Å². The lowest BCUT2D eigenvalue weighted by Crippen LogP contribution is -2.41. The molecule has 1 fully saturated rings. The third kappa shape index (κ3) is 2.23. The van der Waals surface area contributed by atoms with Crippen LogP contribution in [0, 0.1) is 0 Å². The third-order valence-corrected chi connectivity index (χ3v) is 1.76. The molecule has 0 aromatic carbocycles. The molecule has 1 saturated carbocycles. The molecule has 60 valence electrons. The zero-order valence-corrected chi connectivity index (χ0v) is 6.05. The molecule has 1 aliphatic carbocycles. The van der Waals surface area contributed by atoms with Crippen molar-refractivity contribution in [1.29, 1.82) is 0 Å². The fourth-order valence-corrected chi connectivity index (χ4v) is 1.05. The Morgan fingerprint density at radius 2 is 2.20 bits per heavy atom. The molecule has 0 heterocycles. The van der Waals surface area contributed by atoms with Crippen molar-refractivity contribution in [1.82, 2.24) is 0 Å².